The van der Waals surface area contributed by atoms with Crippen molar-refractivity contribution in [3.05, 3.63) is 24.3 Å². The Morgan fingerprint density at radius 2 is 0.960 bits per heavy atom. The van der Waals surface area contributed by atoms with E-state index in [0.29, 0.717) is 19.6 Å². The average molecular weight is 706 g/mol. The van der Waals surface area contributed by atoms with Crippen LogP contribution in [0.2, 0.25) is 0 Å². The fourth-order valence-corrected chi connectivity index (χ4v) is 5.93. The standard InChI is InChI=1S/C43H79NO6/c1-7-9-11-13-15-21-27-36-48-42(46)38(3)30-23-17-19-25-32-40(50-41(45)34-29-35-44(5)6)33-26-20-18-24-31-39(4)43(47)49-37-28-22-16-14-12-10-8-2/h21-22,27-28,38-40H,7-20,23-26,29-37H2,1-6H3. The van der Waals surface area contributed by atoms with E-state index in [2.05, 4.69) is 30.9 Å². The SMILES string of the molecule is CCCCCCC=CCOC(=O)C(C)CCCCCCC(CCCCCCC(C)C(=O)OCC=CCCCCCC)OC(=O)CCCN(C)C. The highest BCUT2D eigenvalue weighted by molar-refractivity contribution is 5.72. The van der Waals surface area contributed by atoms with Crippen molar-refractivity contribution < 1.29 is 28.6 Å². The second-order valence-electron chi connectivity index (χ2n) is 14.7. The predicted molar refractivity (Wildman–Crippen MR) is 209 cm³/mol. The van der Waals surface area contributed by atoms with Crippen LogP contribution in [0.1, 0.15) is 182 Å². The highest BCUT2D eigenvalue weighted by atomic mass is 16.5. The molecular weight excluding hydrogens is 626 g/mol. The van der Waals surface area contributed by atoms with E-state index in [4.69, 9.17) is 14.2 Å². The van der Waals surface area contributed by atoms with Crippen LogP contribution in [0.5, 0.6) is 0 Å². The molecule has 7 nitrogen and oxygen atoms in total. The third kappa shape index (κ3) is 31.8. The number of hydrogen-bond donors (Lipinski definition) is 0. The third-order valence-corrected chi connectivity index (χ3v) is 9.34. The van der Waals surface area contributed by atoms with E-state index in [1.165, 1.54) is 51.4 Å². The average Bonchev–Trinajstić information content (AvgIpc) is 3.09. The molecule has 50 heavy (non-hydrogen) atoms. The van der Waals surface area contributed by atoms with Gasteiger partial charge < -0.3 is 19.1 Å². The van der Waals surface area contributed by atoms with Gasteiger partial charge in [-0.05, 0) is 91.3 Å². The van der Waals surface area contributed by atoms with E-state index >= 15 is 0 Å². The molecule has 0 radical (unpaired) electrons. The minimum absolute atomic E-state index is 0.0379. The molecule has 7 heteroatoms. The van der Waals surface area contributed by atoms with Gasteiger partial charge in [0.25, 0.3) is 0 Å². The molecule has 0 spiro atoms. The van der Waals surface area contributed by atoms with Crippen LogP contribution in [0.4, 0.5) is 0 Å². The van der Waals surface area contributed by atoms with Crippen LogP contribution in [0.3, 0.4) is 0 Å². The van der Waals surface area contributed by atoms with Gasteiger partial charge in [-0.2, -0.15) is 0 Å². The van der Waals surface area contributed by atoms with Crippen LogP contribution < -0.4 is 0 Å². The van der Waals surface area contributed by atoms with Crippen molar-refractivity contribution in [1.29, 1.82) is 0 Å². The summed E-state index contributed by atoms with van der Waals surface area (Å²) < 4.78 is 16.8. The Morgan fingerprint density at radius 3 is 1.38 bits per heavy atom. The van der Waals surface area contributed by atoms with Gasteiger partial charge in [-0.15, -0.1) is 0 Å². The normalized spacial score (nSPS) is 13.6. The van der Waals surface area contributed by atoms with Gasteiger partial charge in [0.05, 0.1) is 11.8 Å². The molecule has 0 fully saturated rings. The highest BCUT2D eigenvalue weighted by Gasteiger charge is 2.17. The lowest BCUT2D eigenvalue weighted by Gasteiger charge is -2.19. The van der Waals surface area contributed by atoms with Crippen LogP contribution in [-0.2, 0) is 28.6 Å². The van der Waals surface area contributed by atoms with Gasteiger partial charge in [-0.3, -0.25) is 14.4 Å². The Labute approximate surface area is 308 Å². The summed E-state index contributed by atoms with van der Waals surface area (Å²) in [4.78, 5) is 39.3. The molecule has 0 bridgehead atoms. The van der Waals surface area contributed by atoms with E-state index in [1.807, 2.05) is 40.1 Å². The first-order chi connectivity index (χ1) is 24.2. The topological polar surface area (TPSA) is 82.1 Å². The molecule has 292 valence electrons. The molecule has 0 rings (SSSR count). The third-order valence-electron chi connectivity index (χ3n) is 9.34. The van der Waals surface area contributed by atoms with Crippen LogP contribution in [0.25, 0.3) is 0 Å². The van der Waals surface area contributed by atoms with Crippen LogP contribution in [-0.4, -0.2) is 62.8 Å². The van der Waals surface area contributed by atoms with Crippen molar-refractivity contribution in [1.82, 2.24) is 4.90 Å². The smallest absolute Gasteiger partial charge is 0.308 e. The number of unbranched alkanes of at least 4 members (excludes halogenated alkanes) is 14. The molecule has 2 unspecified atom stereocenters. The number of ether oxygens (including phenoxy) is 3. The molecule has 0 aromatic heterocycles. The summed E-state index contributed by atoms with van der Waals surface area (Å²) >= 11 is 0. The lowest BCUT2D eigenvalue weighted by Crippen LogP contribution is -2.20. The van der Waals surface area contributed by atoms with Crippen molar-refractivity contribution in [2.24, 2.45) is 11.8 Å². The van der Waals surface area contributed by atoms with Gasteiger partial charge in [0.15, 0.2) is 0 Å². The summed E-state index contributed by atoms with van der Waals surface area (Å²) in [5.74, 6) is -0.455. The predicted octanol–water partition coefficient (Wildman–Crippen LogP) is 11.3. The van der Waals surface area contributed by atoms with Crippen LogP contribution >= 0.6 is 0 Å². The molecule has 2 atom stereocenters. The first kappa shape index (κ1) is 47.8. The Kier molecular flexibility index (Phi) is 33.7. The summed E-state index contributed by atoms with van der Waals surface area (Å²) in [5, 5.41) is 0. The second-order valence-corrected chi connectivity index (χ2v) is 14.7. The maximum Gasteiger partial charge on any atom is 0.308 e. The van der Waals surface area contributed by atoms with Gasteiger partial charge in [-0.25, -0.2) is 0 Å². The Balaban J connectivity index is 4.31. The van der Waals surface area contributed by atoms with Gasteiger partial charge >= 0.3 is 17.9 Å². The Hall–Kier alpha value is -2.15. The molecule has 0 N–H and O–H groups in total. The van der Waals surface area contributed by atoms with Crippen LogP contribution in [0.15, 0.2) is 24.3 Å². The molecule has 0 aliphatic heterocycles. The van der Waals surface area contributed by atoms with Gasteiger partial charge in [0, 0.05) is 6.42 Å². The molecule has 0 heterocycles. The first-order valence-corrected chi connectivity index (χ1v) is 20.7. The lowest BCUT2D eigenvalue weighted by molar-refractivity contribution is -0.150. The van der Waals surface area contributed by atoms with Crippen molar-refractivity contribution >= 4 is 17.9 Å². The van der Waals surface area contributed by atoms with Gasteiger partial charge in [-0.1, -0.05) is 129 Å². The monoisotopic (exact) mass is 706 g/mol. The zero-order valence-corrected chi connectivity index (χ0v) is 33.5. The Bertz CT molecular complexity index is 813. The lowest BCUT2D eigenvalue weighted by atomic mass is 9.99. The van der Waals surface area contributed by atoms with Crippen molar-refractivity contribution in [3.8, 4) is 0 Å². The summed E-state index contributed by atoms with van der Waals surface area (Å²) in [7, 11) is 4.04. The zero-order chi connectivity index (χ0) is 37.1. The largest absolute Gasteiger partial charge is 0.462 e. The molecule has 0 aliphatic carbocycles. The maximum absolute atomic E-state index is 12.6. The quantitative estimate of drug-likeness (QED) is 0.0281. The first-order valence-electron chi connectivity index (χ1n) is 20.7. The number of nitrogens with zero attached hydrogens (tertiary/aromatic N) is 1. The van der Waals surface area contributed by atoms with E-state index in [9.17, 15) is 14.4 Å². The van der Waals surface area contributed by atoms with Crippen molar-refractivity contribution in [2.45, 2.75) is 188 Å². The van der Waals surface area contributed by atoms with E-state index < -0.39 is 0 Å². The summed E-state index contributed by atoms with van der Waals surface area (Å²) in [6.45, 7) is 9.98. The minimum Gasteiger partial charge on any atom is -0.462 e. The summed E-state index contributed by atoms with van der Waals surface area (Å²) in [5.41, 5.74) is 0. The van der Waals surface area contributed by atoms with Crippen LogP contribution in [0, 0.1) is 11.8 Å². The van der Waals surface area contributed by atoms with Gasteiger partial charge in [0.1, 0.15) is 19.3 Å². The number of esters is 3. The number of rotatable bonds is 35. The fourth-order valence-electron chi connectivity index (χ4n) is 5.93. The minimum atomic E-state index is -0.104. The molecule has 0 aliphatic rings. The molecule has 0 amide bonds. The fraction of sp³-hybridized carbons (Fsp3) is 0.837. The summed E-state index contributed by atoms with van der Waals surface area (Å²) in [6.07, 6.45) is 33.3. The zero-order valence-electron chi connectivity index (χ0n) is 33.5. The molecule has 0 saturated heterocycles. The molecule has 0 aromatic carbocycles. The number of allylic oxidation sites excluding steroid dienone is 2. The summed E-state index contributed by atoms with van der Waals surface area (Å²) in [6, 6.07) is 0. The number of hydrogen-bond acceptors (Lipinski definition) is 7. The van der Waals surface area contributed by atoms with Gasteiger partial charge in [0.2, 0.25) is 0 Å². The highest BCUT2D eigenvalue weighted by Crippen LogP contribution is 2.19. The van der Waals surface area contributed by atoms with E-state index in [0.717, 1.165) is 103 Å². The second kappa shape index (κ2) is 35.3. The molecule has 0 aromatic rings. The van der Waals surface area contributed by atoms with Crippen molar-refractivity contribution in [2.75, 3.05) is 33.9 Å². The Morgan fingerprint density at radius 1 is 0.540 bits per heavy atom. The molecule has 0 saturated carbocycles. The van der Waals surface area contributed by atoms with E-state index in [-0.39, 0.29) is 35.8 Å². The number of carbonyl (C=O) groups excluding carboxylic acids is 3. The molecular formula is C43H79NO6. The maximum atomic E-state index is 12.6. The van der Waals surface area contributed by atoms with E-state index in [1.54, 1.807) is 0 Å². The number of carbonyl (C=O) groups is 3. The van der Waals surface area contributed by atoms with Crippen molar-refractivity contribution in [3.63, 3.8) is 0 Å².